The average Bonchev–Trinajstić information content (AvgIpc) is 3.33. The quantitative estimate of drug-likeness (QED) is 0.687. The van der Waals surface area contributed by atoms with Crippen LogP contribution in [0, 0.1) is 5.82 Å². The van der Waals surface area contributed by atoms with Crippen molar-refractivity contribution in [2.24, 2.45) is 0 Å². The molecular formula is C22H23FN2O2. The van der Waals surface area contributed by atoms with E-state index in [0.29, 0.717) is 19.4 Å². The van der Waals surface area contributed by atoms with E-state index in [1.165, 1.54) is 12.1 Å². The minimum atomic E-state index is -0.273. The first kappa shape index (κ1) is 17.7. The summed E-state index contributed by atoms with van der Waals surface area (Å²) in [6, 6.07) is 14.7. The van der Waals surface area contributed by atoms with Crippen molar-refractivity contribution in [3.8, 4) is 11.3 Å². The van der Waals surface area contributed by atoms with Gasteiger partial charge in [0.1, 0.15) is 5.82 Å². The van der Waals surface area contributed by atoms with Gasteiger partial charge >= 0.3 is 0 Å². The number of rotatable bonds is 6. The Morgan fingerprint density at radius 1 is 1.22 bits per heavy atom. The predicted octanol–water partition coefficient (Wildman–Crippen LogP) is 4.20. The fraction of sp³-hybridized carbons (Fsp3) is 0.318. The van der Waals surface area contributed by atoms with Gasteiger partial charge in [0.2, 0.25) is 5.91 Å². The van der Waals surface area contributed by atoms with E-state index < -0.39 is 0 Å². The number of hydrogen-bond donors (Lipinski definition) is 2. The van der Waals surface area contributed by atoms with Crippen LogP contribution in [0.2, 0.25) is 0 Å². The van der Waals surface area contributed by atoms with Gasteiger partial charge in [-0.15, -0.1) is 0 Å². The second-order valence-corrected chi connectivity index (χ2v) is 6.97. The lowest BCUT2D eigenvalue weighted by Crippen LogP contribution is -2.31. The van der Waals surface area contributed by atoms with Crippen LogP contribution in [0.1, 0.15) is 24.8 Å². The third kappa shape index (κ3) is 4.03. The van der Waals surface area contributed by atoms with Crippen LogP contribution in [-0.2, 0) is 16.0 Å². The lowest BCUT2D eigenvalue weighted by Gasteiger charge is -2.11. The number of carbonyl (C=O) groups is 1. The zero-order chi connectivity index (χ0) is 18.6. The van der Waals surface area contributed by atoms with Gasteiger partial charge in [-0.05, 0) is 48.6 Å². The molecule has 1 fully saturated rings. The molecule has 2 heterocycles. The topological polar surface area (TPSA) is 54.1 Å². The van der Waals surface area contributed by atoms with Crippen molar-refractivity contribution in [1.29, 1.82) is 0 Å². The Kier molecular flexibility index (Phi) is 5.21. The normalized spacial score (nSPS) is 16.7. The monoisotopic (exact) mass is 366 g/mol. The van der Waals surface area contributed by atoms with Gasteiger partial charge < -0.3 is 15.0 Å². The molecule has 2 N–H and O–H groups in total. The number of nitrogens with one attached hydrogen (secondary N) is 2. The maximum absolute atomic E-state index is 13.8. The number of amides is 1. The van der Waals surface area contributed by atoms with Crippen LogP contribution in [0.4, 0.5) is 4.39 Å². The lowest BCUT2D eigenvalue weighted by molar-refractivity contribution is -0.121. The Balaban J connectivity index is 1.54. The Bertz CT molecular complexity index is 930. The number of halogens is 1. The van der Waals surface area contributed by atoms with Gasteiger partial charge in [-0.3, -0.25) is 4.79 Å². The molecule has 1 aromatic heterocycles. The highest BCUT2D eigenvalue weighted by Crippen LogP contribution is 2.31. The van der Waals surface area contributed by atoms with Crippen LogP contribution in [0.5, 0.6) is 0 Å². The molecule has 3 aromatic rings. The number of ether oxygens (including phenoxy) is 1. The SMILES string of the molecule is O=C(CCc1c(-c2ccccc2)[nH]c2ccc(F)cc12)NCC1CCCO1. The Hall–Kier alpha value is -2.66. The number of benzene rings is 2. The van der Waals surface area contributed by atoms with E-state index >= 15 is 0 Å². The standard InChI is InChI=1S/C22H23FN2O2/c23-16-8-10-20-19(13-16)18(22(25-20)15-5-2-1-3-6-15)9-11-21(26)24-14-17-7-4-12-27-17/h1-3,5-6,8,10,13,17,25H,4,7,9,11-12,14H2,(H,24,26). The van der Waals surface area contributed by atoms with E-state index in [1.807, 2.05) is 30.3 Å². The molecule has 1 aliphatic rings. The van der Waals surface area contributed by atoms with Crippen molar-refractivity contribution in [3.05, 3.63) is 59.9 Å². The second kappa shape index (κ2) is 7.92. The Labute approximate surface area is 157 Å². The average molecular weight is 366 g/mol. The summed E-state index contributed by atoms with van der Waals surface area (Å²) in [5, 5.41) is 3.79. The van der Waals surface area contributed by atoms with E-state index in [0.717, 1.165) is 47.2 Å². The van der Waals surface area contributed by atoms with E-state index in [-0.39, 0.29) is 17.8 Å². The summed E-state index contributed by atoms with van der Waals surface area (Å²) in [6.07, 6.45) is 3.10. The second-order valence-electron chi connectivity index (χ2n) is 6.97. The highest BCUT2D eigenvalue weighted by Gasteiger charge is 2.18. The van der Waals surface area contributed by atoms with Gasteiger partial charge in [-0.2, -0.15) is 0 Å². The number of carbonyl (C=O) groups excluding carboxylic acids is 1. The summed E-state index contributed by atoms with van der Waals surface area (Å²) in [5.41, 5.74) is 3.83. The molecule has 0 bridgehead atoms. The minimum absolute atomic E-state index is 0.00438. The third-order valence-electron chi connectivity index (χ3n) is 5.08. The zero-order valence-electron chi connectivity index (χ0n) is 15.1. The van der Waals surface area contributed by atoms with E-state index in [1.54, 1.807) is 6.07 Å². The van der Waals surface area contributed by atoms with Gasteiger partial charge in [0.05, 0.1) is 6.10 Å². The van der Waals surface area contributed by atoms with Crippen LogP contribution < -0.4 is 5.32 Å². The van der Waals surface area contributed by atoms with Crippen LogP contribution in [0.15, 0.2) is 48.5 Å². The first-order valence-electron chi connectivity index (χ1n) is 9.44. The fourth-order valence-corrected chi connectivity index (χ4v) is 3.69. The molecule has 0 aliphatic carbocycles. The summed E-state index contributed by atoms with van der Waals surface area (Å²) < 4.78 is 19.4. The van der Waals surface area contributed by atoms with Crippen molar-refractivity contribution in [3.63, 3.8) is 0 Å². The van der Waals surface area contributed by atoms with Crippen molar-refractivity contribution < 1.29 is 13.9 Å². The maximum atomic E-state index is 13.8. The fourth-order valence-electron chi connectivity index (χ4n) is 3.69. The largest absolute Gasteiger partial charge is 0.376 e. The van der Waals surface area contributed by atoms with Gasteiger partial charge in [0, 0.05) is 36.2 Å². The lowest BCUT2D eigenvalue weighted by atomic mass is 10.0. The summed E-state index contributed by atoms with van der Waals surface area (Å²) in [4.78, 5) is 15.7. The number of aryl methyl sites for hydroxylation is 1. The first-order chi connectivity index (χ1) is 13.2. The number of aromatic amines is 1. The molecule has 4 rings (SSSR count). The van der Waals surface area contributed by atoms with Crippen molar-refractivity contribution in [2.75, 3.05) is 13.2 Å². The van der Waals surface area contributed by atoms with E-state index in [2.05, 4.69) is 10.3 Å². The van der Waals surface area contributed by atoms with Gasteiger partial charge in [0.25, 0.3) is 0 Å². The molecule has 0 spiro atoms. The molecular weight excluding hydrogens is 343 g/mol. The summed E-state index contributed by atoms with van der Waals surface area (Å²) in [5.74, 6) is -0.277. The number of H-pyrrole nitrogens is 1. The number of hydrogen-bond acceptors (Lipinski definition) is 2. The molecule has 4 nitrogen and oxygen atoms in total. The molecule has 1 amide bonds. The van der Waals surface area contributed by atoms with Crippen LogP contribution >= 0.6 is 0 Å². The Morgan fingerprint density at radius 2 is 2.07 bits per heavy atom. The molecule has 1 saturated heterocycles. The predicted molar refractivity (Wildman–Crippen MR) is 104 cm³/mol. The summed E-state index contributed by atoms with van der Waals surface area (Å²) in [7, 11) is 0. The smallest absolute Gasteiger partial charge is 0.220 e. The highest BCUT2D eigenvalue weighted by molar-refractivity contribution is 5.91. The van der Waals surface area contributed by atoms with Crippen molar-refractivity contribution in [1.82, 2.24) is 10.3 Å². The minimum Gasteiger partial charge on any atom is -0.376 e. The molecule has 27 heavy (non-hydrogen) atoms. The molecule has 140 valence electrons. The van der Waals surface area contributed by atoms with Crippen LogP contribution in [0.25, 0.3) is 22.2 Å². The van der Waals surface area contributed by atoms with Crippen LogP contribution in [-0.4, -0.2) is 30.1 Å². The van der Waals surface area contributed by atoms with Crippen molar-refractivity contribution >= 4 is 16.8 Å². The van der Waals surface area contributed by atoms with Crippen molar-refractivity contribution in [2.45, 2.75) is 31.8 Å². The summed E-state index contributed by atoms with van der Waals surface area (Å²) >= 11 is 0. The third-order valence-corrected chi connectivity index (χ3v) is 5.08. The molecule has 5 heteroatoms. The van der Waals surface area contributed by atoms with E-state index in [4.69, 9.17) is 4.74 Å². The number of aromatic nitrogens is 1. The Morgan fingerprint density at radius 3 is 2.85 bits per heavy atom. The molecule has 0 saturated carbocycles. The van der Waals surface area contributed by atoms with Gasteiger partial charge in [-0.25, -0.2) is 4.39 Å². The number of fused-ring (bicyclic) bond motifs is 1. The summed E-state index contributed by atoms with van der Waals surface area (Å²) in [6.45, 7) is 1.34. The first-order valence-corrected chi connectivity index (χ1v) is 9.44. The highest BCUT2D eigenvalue weighted by atomic mass is 19.1. The maximum Gasteiger partial charge on any atom is 0.220 e. The molecule has 0 radical (unpaired) electrons. The molecule has 1 atom stereocenters. The van der Waals surface area contributed by atoms with Gasteiger partial charge in [-0.1, -0.05) is 30.3 Å². The van der Waals surface area contributed by atoms with E-state index in [9.17, 15) is 9.18 Å². The molecule has 2 aromatic carbocycles. The molecule has 1 aliphatic heterocycles. The van der Waals surface area contributed by atoms with Gasteiger partial charge in [0.15, 0.2) is 0 Å². The zero-order valence-corrected chi connectivity index (χ0v) is 15.1. The van der Waals surface area contributed by atoms with Crippen LogP contribution in [0.3, 0.4) is 0 Å². The molecule has 1 unspecified atom stereocenters.